The number of amides is 1. The Labute approximate surface area is 462 Å². The van der Waals surface area contributed by atoms with Gasteiger partial charge in [0, 0.05) is 124 Å². The van der Waals surface area contributed by atoms with E-state index in [1.807, 2.05) is 44.2 Å². The Morgan fingerprint density at radius 3 is 1.94 bits per heavy atom. The number of hydrogen-bond acceptors (Lipinski definition) is 16. The van der Waals surface area contributed by atoms with Gasteiger partial charge in [0.15, 0.2) is 11.6 Å². The highest BCUT2D eigenvalue weighted by atomic mass is 19.4. The predicted molar refractivity (Wildman–Crippen MR) is 299 cm³/mol. The number of carbonyl (C=O) groups excluding carboxylic acids is 1. The molecule has 1 amide bonds. The summed E-state index contributed by atoms with van der Waals surface area (Å²) in [5, 5.41) is 24.0. The van der Waals surface area contributed by atoms with Gasteiger partial charge >= 0.3 is 6.18 Å². The average Bonchev–Trinajstić information content (AvgIpc) is 4.20. The van der Waals surface area contributed by atoms with Gasteiger partial charge in [-0.25, -0.2) is 43.7 Å². The molecule has 0 unspecified atom stereocenters. The third kappa shape index (κ3) is 12.6. The molecule has 2 saturated heterocycles. The number of carbonyl (C=O) groups is 1. The van der Waals surface area contributed by atoms with E-state index in [0.717, 1.165) is 77.0 Å². The van der Waals surface area contributed by atoms with Crippen molar-refractivity contribution >= 4 is 57.3 Å². The van der Waals surface area contributed by atoms with E-state index in [1.165, 1.54) is 36.9 Å². The second-order valence-corrected chi connectivity index (χ2v) is 20.4. The Morgan fingerprint density at radius 2 is 1.28 bits per heavy atom. The van der Waals surface area contributed by atoms with Crippen LogP contribution in [0.25, 0.3) is 34.1 Å². The molecule has 9 aromatic rings. The van der Waals surface area contributed by atoms with Gasteiger partial charge in [-0.05, 0) is 87.6 Å². The number of likely N-dealkylation sites (N-methyl/N-ethyl adjacent to an activating group) is 2. The van der Waals surface area contributed by atoms with E-state index in [9.17, 15) is 26.7 Å². The average molecular weight is 1110 g/mol. The summed E-state index contributed by atoms with van der Waals surface area (Å²) in [7, 11) is 4.16. The number of nitrogens with one attached hydrogen (secondary N) is 6. The summed E-state index contributed by atoms with van der Waals surface area (Å²) in [6, 6.07) is 27.0. The van der Waals surface area contributed by atoms with Gasteiger partial charge in [0.05, 0.1) is 28.0 Å². The number of aryl methyl sites for hydroxylation is 2. The lowest BCUT2D eigenvalue weighted by atomic mass is 10.0. The second kappa shape index (κ2) is 22.3. The van der Waals surface area contributed by atoms with Crippen LogP contribution in [-0.2, 0) is 18.5 Å². The molecule has 7 heterocycles. The van der Waals surface area contributed by atoms with Crippen LogP contribution in [-0.4, -0.2) is 142 Å². The van der Waals surface area contributed by atoms with E-state index in [2.05, 4.69) is 90.6 Å². The van der Waals surface area contributed by atoms with Crippen molar-refractivity contribution in [3.63, 3.8) is 0 Å². The van der Waals surface area contributed by atoms with E-state index in [-0.39, 0.29) is 28.8 Å². The minimum Gasteiger partial charge on any atom is -0.340 e. The van der Waals surface area contributed by atoms with Crippen LogP contribution in [0, 0.1) is 13.8 Å². The number of nitrogens with zero attached hydrogens (tertiary/aromatic N) is 13. The van der Waals surface area contributed by atoms with E-state index in [0.29, 0.717) is 80.1 Å². The first kappa shape index (κ1) is 54.1. The zero-order valence-corrected chi connectivity index (χ0v) is 44.9. The number of anilines is 7. The molecule has 418 valence electrons. The maximum Gasteiger partial charge on any atom is 0.416 e. The molecule has 81 heavy (non-hydrogen) atoms. The Kier molecular flexibility index (Phi) is 14.9. The summed E-state index contributed by atoms with van der Waals surface area (Å²) >= 11 is 0. The molecule has 6 N–H and O–H groups in total. The first-order valence-electron chi connectivity index (χ1n) is 26.2. The number of H-pyrrole nitrogens is 1. The number of hydrazine groups is 2. The highest BCUT2D eigenvalue weighted by molar-refractivity contribution is 6.05. The van der Waals surface area contributed by atoms with Crippen LogP contribution in [0.1, 0.15) is 50.9 Å². The lowest BCUT2D eigenvalue weighted by molar-refractivity contribution is -0.137. The van der Waals surface area contributed by atoms with Crippen molar-refractivity contribution in [2.75, 3.05) is 93.3 Å². The number of halogens is 5. The van der Waals surface area contributed by atoms with Crippen LogP contribution in [0.15, 0.2) is 116 Å². The number of alkyl halides is 5. The van der Waals surface area contributed by atoms with Crippen LogP contribution in [0.5, 0.6) is 0 Å². The maximum atomic E-state index is 14.4. The van der Waals surface area contributed by atoms with Gasteiger partial charge < -0.3 is 41.6 Å². The quantitative estimate of drug-likeness (QED) is 0.0499. The van der Waals surface area contributed by atoms with Gasteiger partial charge in [-0.3, -0.25) is 4.79 Å². The molecular weight excluding hydrogens is 1050 g/mol. The molecule has 0 radical (unpaired) electrons. The summed E-state index contributed by atoms with van der Waals surface area (Å²) < 4.78 is 73.1. The van der Waals surface area contributed by atoms with Crippen molar-refractivity contribution in [1.82, 2.24) is 69.3 Å². The molecule has 5 aromatic heterocycles. The fourth-order valence-electron chi connectivity index (χ4n) is 9.51. The van der Waals surface area contributed by atoms with Crippen LogP contribution in [0.4, 0.5) is 62.3 Å². The van der Waals surface area contributed by atoms with Crippen molar-refractivity contribution < 1.29 is 26.7 Å². The number of aromatic nitrogens is 10. The van der Waals surface area contributed by atoms with E-state index >= 15 is 0 Å². The number of fused-ring (bicyclic) bond motifs is 1. The van der Waals surface area contributed by atoms with Gasteiger partial charge in [0.1, 0.15) is 41.8 Å². The van der Waals surface area contributed by atoms with Crippen LogP contribution >= 0.6 is 0 Å². The molecule has 25 heteroatoms. The van der Waals surface area contributed by atoms with Crippen molar-refractivity contribution in [3.05, 3.63) is 155 Å². The highest BCUT2D eigenvalue weighted by Gasteiger charge is 2.31. The molecule has 11 rings (SSSR count). The van der Waals surface area contributed by atoms with Crippen molar-refractivity contribution in [2.24, 2.45) is 0 Å². The van der Waals surface area contributed by atoms with Crippen molar-refractivity contribution in [1.29, 1.82) is 0 Å². The maximum absolute atomic E-state index is 14.4. The van der Waals surface area contributed by atoms with E-state index in [4.69, 9.17) is 10.2 Å². The lowest BCUT2D eigenvalue weighted by Crippen LogP contribution is -2.47. The summed E-state index contributed by atoms with van der Waals surface area (Å²) in [6.07, 6.45) is -1.39. The minimum absolute atomic E-state index is 0.200. The minimum atomic E-state index is -4.52. The van der Waals surface area contributed by atoms with Crippen LogP contribution < -0.4 is 26.8 Å². The largest absolute Gasteiger partial charge is 0.416 e. The molecular formula is C56H58F5N19O. The summed E-state index contributed by atoms with van der Waals surface area (Å²) in [6.45, 7) is 11.3. The number of rotatable bonds is 16. The first-order valence-corrected chi connectivity index (χ1v) is 26.2. The topological polar surface area (TPSA) is 206 Å². The SMILES string of the molecule is Cc1cc(Nc2cc(C(=O)Nc3cccc(C(C)(F)F)c3)ccc2Cc2cc(Nc3cc(-c4nc5ccc(C(F)(F)F)cc5[nH]4)ccc3C)n(-c3cc(NN4CCN(C)CC4)ncn3)n2)n(-c2cc(NN3CCN(C)CC3)ncn2)n1. The highest BCUT2D eigenvalue weighted by Crippen LogP contribution is 2.35. The Balaban J connectivity index is 0.957. The van der Waals surface area contributed by atoms with Gasteiger partial charge in [-0.15, -0.1) is 0 Å². The Bertz CT molecular complexity index is 3740. The smallest absolute Gasteiger partial charge is 0.340 e. The summed E-state index contributed by atoms with van der Waals surface area (Å²) in [5.41, 5.74) is 11.4. The van der Waals surface area contributed by atoms with Crippen LogP contribution in [0.3, 0.4) is 0 Å². The van der Waals surface area contributed by atoms with Gasteiger partial charge in [0.25, 0.3) is 11.8 Å². The molecule has 20 nitrogen and oxygen atoms in total. The molecule has 4 aromatic carbocycles. The molecule has 0 spiro atoms. The first-order chi connectivity index (χ1) is 38.8. The number of imidazole rings is 1. The fraction of sp³-hybridized carbons (Fsp3) is 0.286. The lowest BCUT2D eigenvalue weighted by Gasteiger charge is -2.32. The summed E-state index contributed by atoms with van der Waals surface area (Å²) in [5.74, 6) is -0.215. The molecule has 2 aliphatic heterocycles. The molecule has 2 fully saturated rings. The molecule has 0 atom stereocenters. The van der Waals surface area contributed by atoms with E-state index < -0.39 is 23.6 Å². The van der Waals surface area contributed by atoms with E-state index in [1.54, 1.807) is 45.8 Å². The van der Waals surface area contributed by atoms with Crippen LogP contribution in [0.2, 0.25) is 0 Å². The fourth-order valence-corrected chi connectivity index (χ4v) is 9.51. The molecule has 2 aliphatic rings. The zero-order valence-electron chi connectivity index (χ0n) is 44.9. The second-order valence-electron chi connectivity index (χ2n) is 20.4. The van der Waals surface area contributed by atoms with Crippen molar-refractivity contribution in [2.45, 2.75) is 39.3 Å². The van der Waals surface area contributed by atoms with Gasteiger partial charge in [-0.1, -0.05) is 30.3 Å². The third-order valence-electron chi connectivity index (χ3n) is 14.1. The number of benzene rings is 4. The standard InChI is InChI=1S/C56H58F5N19O/c1-34-9-10-37(53-69-43-14-13-40(56(59,60)61)28-46(43)70-53)25-44(34)67-52-29-42(72-80(52)50-31-48(63-33-65-50)74-78-21-17-76(5)18-22-78)24-36-11-12-38(54(81)66-41-8-6-7-39(27-41)55(3,57)58)26-45(36)68-51-23-35(2)71-79(51)49-30-47(62-32-64-49)73-77-19-15-75(4)16-20-77/h6-14,23,25-33,67-68H,15-22,24H2,1-5H3,(H,66,81)(H,69,70)(H,62,64,73)(H,63,65,74). The molecule has 0 aliphatic carbocycles. The number of hydrogen-bond donors (Lipinski definition) is 6. The molecule has 0 bridgehead atoms. The summed E-state index contributed by atoms with van der Waals surface area (Å²) in [4.78, 5) is 44.6. The van der Waals surface area contributed by atoms with Gasteiger partial charge in [-0.2, -0.15) is 32.7 Å². The number of piperazine rings is 2. The Hall–Kier alpha value is -8.91. The van der Waals surface area contributed by atoms with Crippen molar-refractivity contribution in [3.8, 4) is 23.0 Å². The molecule has 0 saturated carbocycles. The Morgan fingerprint density at radius 1 is 0.642 bits per heavy atom. The third-order valence-corrected chi connectivity index (χ3v) is 14.1. The number of aromatic amines is 1. The normalized spacial score (nSPS) is 15.0. The predicted octanol–water partition coefficient (Wildman–Crippen LogP) is 9.41. The monoisotopic (exact) mass is 1110 g/mol. The van der Waals surface area contributed by atoms with Gasteiger partial charge in [0.2, 0.25) is 0 Å². The zero-order chi connectivity index (χ0) is 56.6.